The van der Waals surface area contributed by atoms with Gasteiger partial charge in [-0.25, -0.2) is 0 Å². The van der Waals surface area contributed by atoms with Crippen LogP contribution in [-0.2, 0) is 11.2 Å². The van der Waals surface area contributed by atoms with Crippen molar-refractivity contribution in [2.45, 2.75) is 6.42 Å². The van der Waals surface area contributed by atoms with Crippen LogP contribution in [0.4, 0.5) is 5.69 Å². The molecule has 0 aliphatic carbocycles. The number of Topliss-reactive ketones (excluding diaryl/α,β-unsaturated/α-hetero) is 1. The molecule has 0 saturated heterocycles. The molecule has 2 aromatic carbocycles. The highest BCUT2D eigenvalue weighted by molar-refractivity contribution is 5.85. The van der Waals surface area contributed by atoms with Gasteiger partial charge in [-0.2, -0.15) is 0 Å². The van der Waals surface area contributed by atoms with Gasteiger partial charge in [0, 0.05) is 12.1 Å². The lowest BCUT2D eigenvalue weighted by Crippen LogP contribution is -2.15. The maximum atomic E-state index is 11.9. The second-order valence-electron chi connectivity index (χ2n) is 4.29. The van der Waals surface area contributed by atoms with E-state index in [2.05, 4.69) is 5.32 Å². The molecule has 0 atom stereocenters. The number of ether oxygens (including phenoxy) is 1. The summed E-state index contributed by atoms with van der Waals surface area (Å²) < 4.78 is 5.14. The van der Waals surface area contributed by atoms with Crippen molar-refractivity contribution in [3.63, 3.8) is 0 Å². The Hall–Kier alpha value is -2.29. The van der Waals surface area contributed by atoms with Crippen molar-refractivity contribution in [1.82, 2.24) is 0 Å². The van der Waals surface area contributed by atoms with E-state index in [-0.39, 0.29) is 5.78 Å². The van der Waals surface area contributed by atoms with Crippen LogP contribution in [0.25, 0.3) is 0 Å². The van der Waals surface area contributed by atoms with Gasteiger partial charge >= 0.3 is 0 Å². The van der Waals surface area contributed by atoms with Crippen LogP contribution < -0.4 is 10.1 Å². The zero-order valence-corrected chi connectivity index (χ0v) is 10.9. The summed E-state index contributed by atoms with van der Waals surface area (Å²) in [4.78, 5) is 11.9. The van der Waals surface area contributed by atoms with Gasteiger partial charge in [-0.05, 0) is 29.8 Å². The first-order valence-electron chi connectivity index (χ1n) is 6.21. The Bertz CT molecular complexity index is 537. The first kappa shape index (κ1) is 13.1. The first-order chi connectivity index (χ1) is 9.28. The molecule has 0 saturated carbocycles. The minimum absolute atomic E-state index is 0.150. The van der Waals surface area contributed by atoms with E-state index in [0.717, 1.165) is 17.0 Å². The van der Waals surface area contributed by atoms with E-state index in [1.165, 1.54) is 0 Å². The fourth-order valence-corrected chi connectivity index (χ4v) is 1.83. The van der Waals surface area contributed by atoms with Crippen LogP contribution in [-0.4, -0.2) is 19.4 Å². The van der Waals surface area contributed by atoms with Crippen molar-refractivity contribution in [2.75, 3.05) is 19.0 Å². The lowest BCUT2D eigenvalue weighted by Gasteiger charge is -2.06. The molecule has 3 nitrogen and oxygen atoms in total. The van der Waals surface area contributed by atoms with E-state index in [4.69, 9.17) is 4.74 Å². The summed E-state index contributed by atoms with van der Waals surface area (Å²) in [5.41, 5.74) is 1.93. The van der Waals surface area contributed by atoms with Crippen LogP contribution in [0.1, 0.15) is 5.56 Å². The Morgan fingerprint density at radius 1 is 1.11 bits per heavy atom. The molecule has 0 aliphatic rings. The van der Waals surface area contributed by atoms with E-state index in [1.54, 1.807) is 7.11 Å². The van der Waals surface area contributed by atoms with Crippen molar-refractivity contribution >= 4 is 11.5 Å². The number of ketones is 1. The maximum absolute atomic E-state index is 11.9. The molecule has 0 fully saturated rings. The van der Waals surface area contributed by atoms with Crippen molar-refractivity contribution in [3.8, 4) is 5.75 Å². The first-order valence-corrected chi connectivity index (χ1v) is 6.21. The van der Waals surface area contributed by atoms with E-state index in [1.807, 2.05) is 54.6 Å². The number of anilines is 1. The second-order valence-corrected chi connectivity index (χ2v) is 4.29. The summed E-state index contributed by atoms with van der Waals surface area (Å²) in [6, 6.07) is 17.3. The zero-order chi connectivity index (χ0) is 13.5. The molecule has 0 aromatic heterocycles. The fourth-order valence-electron chi connectivity index (χ4n) is 1.83. The Morgan fingerprint density at radius 2 is 1.89 bits per heavy atom. The van der Waals surface area contributed by atoms with Crippen LogP contribution in [0.5, 0.6) is 5.75 Å². The van der Waals surface area contributed by atoms with Gasteiger partial charge in [0.25, 0.3) is 0 Å². The number of hydrogen-bond donors (Lipinski definition) is 1. The van der Waals surface area contributed by atoms with Gasteiger partial charge in [0.2, 0.25) is 0 Å². The molecule has 0 spiro atoms. The van der Waals surface area contributed by atoms with Crippen LogP contribution in [0.3, 0.4) is 0 Å². The predicted molar refractivity (Wildman–Crippen MR) is 76.6 cm³/mol. The number of rotatable bonds is 6. The standard InChI is InChI=1S/C16H17NO2/c1-19-16-9-5-6-13(11-16)10-15(18)12-17-14-7-3-2-4-8-14/h2-9,11,17H,10,12H2,1H3. The van der Waals surface area contributed by atoms with Gasteiger partial charge in [-0.1, -0.05) is 30.3 Å². The summed E-state index contributed by atoms with van der Waals surface area (Å²) in [5, 5.41) is 3.11. The lowest BCUT2D eigenvalue weighted by atomic mass is 10.1. The maximum Gasteiger partial charge on any atom is 0.156 e. The smallest absolute Gasteiger partial charge is 0.156 e. The van der Waals surface area contributed by atoms with Crippen molar-refractivity contribution in [1.29, 1.82) is 0 Å². The van der Waals surface area contributed by atoms with Crippen molar-refractivity contribution in [2.24, 2.45) is 0 Å². The topological polar surface area (TPSA) is 38.3 Å². The quantitative estimate of drug-likeness (QED) is 0.862. The van der Waals surface area contributed by atoms with Gasteiger partial charge in [0.1, 0.15) is 5.75 Å². The Balaban J connectivity index is 1.87. The van der Waals surface area contributed by atoms with Crippen LogP contribution in [0.2, 0.25) is 0 Å². The third kappa shape index (κ3) is 4.14. The Labute approximate surface area is 113 Å². The molecule has 0 bridgehead atoms. The number of hydrogen-bond acceptors (Lipinski definition) is 3. The average molecular weight is 255 g/mol. The van der Waals surface area contributed by atoms with Crippen molar-refractivity contribution in [3.05, 3.63) is 60.2 Å². The summed E-state index contributed by atoms with van der Waals surface area (Å²) >= 11 is 0. The highest BCUT2D eigenvalue weighted by Gasteiger charge is 2.04. The molecule has 2 aromatic rings. The summed E-state index contributed by atoms with van der Waals surface area (Å²) in [6.07, 6.45) is 0.414. The van der Waals surface area contributed by atoms with Crippen LogP contribution in [0.15, 0.2) is 54.6 Å². The van der Waals surface area contributed by atoms with Gasteiger partial charge in [-0.3, -0.25) is 4.79 Å². The number of carbonyl (C=O) groups is 1. The molecule has 0 aliphatic heterocycles. The molecule has 3 heteroatoms. The van der Waals surface area contributed by atoms with Gasteiger partial charge in [-0.15, -0.1) is 0 Å². The summed E-state index contributed by atoms with van der Waals surface area (Å²) in [5.74, 6) is 0.929. The third-order valence-corrected chi connectivity index (χ3v) is 2.80. The van der Waals surface area contributed by atoms with E-state index in [9.17, 15) is 4.79 Å². The number of nitrogens with one attached hydrogen (secondary N) is 1. The van der Waals surface area contributed by atoms with Gasteiger partial charge < -0.3 is 10.1 Å². The van der Waals surface area contributed by atoms with Crippen LogP contribution in [0, 0.1) is 0 Å². The SMILES string of the molecule is COc1cccc(CC(=O)CNc2ccccc2)c1. The third-order valence-electron chi connectivity index (χ3n) is 2.80. The van der Waals surface area contributed by atoms with E-state index >= 15 is 0 Å². The monoisotopic (exact) mass is 255 g/mol. The summed E-state index contributed by atoms with van der Waals surface area (Å²) in [7, 11) is 1.62. The normalized spacial score (nSPS) is 9.95. The molecule has 98 valence electrons. The van der Waals surface area contributed by atoms with Crippen molar-refractivity contribution < 1.29 is 9.53 Å². The molecule has 0 radical (unpaired) electrons. The fraction of sp³-hybridized carbons (Fsp3) is 0.188. The molecular formula is C16H17NO2. The molecule has 0 unspecified atom stereocenters. The largest absolute Gasteiger partial charge is 0.497 e. The predicted octanol–water partition coefficient (Wildman–Crippen LogP) is 2.92. The molecule has 0 heterocycles. The zero-order valence-electron chi connectivity index (χ0n) is 10.9. The number of benzene rings is 2. The Kier molecular flexibility index (Phi) is 4.56. The highest BCUT2D eigenvalue weighted by Crippen LogP contribution is 2.13. The summed E-state index contributed by atoms with van der Waals surface area (Å²) in [6.45, 7) is 0.335. The number of para-hydroxylation sites is 1. The van der Waals surface area contributed by atoms with E-state index < -0.39 is 0 Å². The number of carbonyl (C=O) groups excluding carboxylic acids is 1. The highest BCUT2D eigenvalue weighted by atomic mass is 16.5. The van der Waals surface area contributed by atoms with Gasteiger partial charge in [0.05, 0.1) is 13.7 Å². The molecule has 19 heavy (non-hydrogen) atoms. The average Bonchev–Trinajstić information content (AvgIpc) is 2.46. The van der Waals surface area contributed by atoms with Crippen LogP contribution >= 0.6 is 0 Å². The Morgan fingerprint density at radius 3 is 2.63 bits per heavy atom. The lowest BCUT2D eigenvalue weighted by molar-refractivity contribution is -0.116. The van der Waals surface area contributed by atoms with E-state index in [0.29, 0.717) is 13.0 Å². The number of methoxy groups -OCH3 is 1. The van der Waals surface area contributed by atoms with Gasteiger partial charge in [0.15, 0.2) is 5.78 Å². The minimum atomic E-state index is 0.150. The molecule has 2 rings (SSSR count). The molecule has 0 amide bonds. The minimum Gasteiger partial charge on any atom is -0.497 e. The molecular weight excluding hydrogens is 238 g/mol. The second kappa shape index (κ2) is 6.59. The molecule has 1 N–H and O–H groups in total.